The standard InChI is InChI=1S/C20H19NO2/c1-3-15-7-9-16(10-8-15)11-21-12-17-6-4-5-14(2)19(17)20(21)18(23)13-22/h3-10,13,20H,1,11-12H2,2H3. The molecule has 1 aliphatic rings. The van der Waals surface area contributed by atoms with Gasteiger partial charge in [0.2, 0.25) is 5.78 Å². The number of ketones is 1. The van der Waals surface area contributed by atoms with E-state index in [0.29, 0.717) is 19.4 Å². The molecule has 1 heterocycles. The third kappa shape index (κ3) is 2.88. The van der Waals surface area contributed by atoms with Gasteiger partial charge in [0.25, 0.3) is 0 Å². The lowest BCUT2D eigenvalue weighted by Gasteiger charge is -2.23. The van der Waals surface area contributed by atoms with E-state index in [1.807, 2.05) is 49.4 Å². The van der Waals surface area contributed by atoms with Crippen LogP contribution in [0.3, 0.4) is 0 Å². The van der Waals surface area contributed by atoms with E-state index in [1.54, 1.807) is 6.08 Å². The summed E-state index contributed by atoms with van der Waals surface area (Å²) in [6.07, 6.45) is 2.25. The van der Waals surface area contributed by atoms with Crippen molar-refractivity contribution in [3.8, 4) is 0 Å². The van der Waals surface area contributed by atoms with E-state index < -0.39 is 6.04 Å². The number of aldehydes is 1. The number of carbonyl (C=O) groups excluding carboxylic acids is 2. The number of nitrogens with zero attached hydrogens (tertiary/aromatic N) is 1. The quantitative estimate of drug-likeness (QED) is 0.627. The molecule has 0 amide bonds. The van der Waals surface area contributed by atoms with Crippen LogP contribution in [0.4, 0.5) is 0 Å². The SMILES string of the molecule is C=Cc1ccc(CN2Cc3cccc(C)c3C2C(=O)C=O)cc1. The lowest BCUT2D eigenvalue weighted by Crippen LogP contribution is -2.29. The Morgan fingerprint density at radius 1 is 1.26 bits per heavy atom. The van der Waals surface area contributed by atoms with Crippen LogP contribution >= 0.6 is 0 Å². The van der Waals surface area contributed by atoms with Crippen molar-refractivity contribution in [2.75, 3.05) is 0 Å². The van der Waals surface area contributed by atoms with Gasteiger partial charge in [0.05, 0.1) is 0 Å². The number of rotatable bonds is 5. The van der Waals surface area contributed by atoms with Crippen molar-refractivity contribution in [1.29, 1.82) is 0 Å². The summed E-state index contributed by atoms with van der Waals surface area (Å²) < 4.78 is 0. The fraction of sp³-hybridized carbons (Fsp3) is 0.200. The second-order valence-corrected chi connectivity index (χ2v) is 5.92. The largest absolute Gasteiger partial charge is 0.295 e. The highest BCUT2D eigenvalue weighted by atomic mass is 16.2. The molecule has 0 radical (unpaired) electrons. The van der Waals surface area contributed by atoms with E-state index in [2.05, 4.69) is 11.5 Å². The highest BCUT2D eigenvalue weighted by Gasteiger charge is 2.36. The molecule has 0 fully saturated rings. The summed E-state index contributed by atoms with van der Waals surface area (Å²) in [6.45, 7) is 7.07. The van der Waals surface area contributed by atoms with Gasteiger partial charge in [-0.25, -0.2) is 0 Å². The average molecular weight is 305 g/mol. The van der Waals surface area contributed by atoms with Gasteiger partial charge in [-0.3, -0.25) is 14.5 Å². The van der Waals surface area contributed by atoms with Crippen molar-refractivity contribution in [1.82, 2.24) is 4.90 Å². The summed E-state index contributed by atoms with van der Waals surface area (Å²) in [5, 5.41) is 0. The highest BCUT2D eigenvalue weighted by Crippen LogP contribution is 2.37. The molecule has 0 bridgehead atoms. The molecule has 3 rings (SSSR count). The number of benzene rings is 2. The predicted molar refractivity (Wildman–Crippen MR) is 90.8 cm³/mol. The van der Waals surface area contributed by atoms with Gasteiger partial charge in [0.1, 0.15) is 6.04 Å². The number of hydrogen-bond acceptors (Lipinski definition) is 3. The van der Waals surface area contributed by atoms with Crippen LogP contribution in [-0.4, -0.2) is 17.0 Å². The Kier molecular flexibility index (Phi) is 4.22. The minimum Gasteiger partial charge on any atom is -0.295 e. The summed E-state index contributed by atoms with van der Waals surface area (Å²) in [4.78, 5) is 25.4. The fourth-order valence-corrected chi connectivity index (χ4v) is 3.29. The topological polar surface area (TPSA) is 37.4 Å². The van der Waals surface area contributed by atoms with E-state index in [0.717, 1.165) is 27.8 Å². The Labute approximate surface area is 136 Å². The Hall–Kier alpha value is -2.52. The zero-order valence-corrected chi connectivity index (χ0v) is 13.2. The van der Waals surface area contributed by atoms with Crippen LogP contribution in [0.25, 0.3) is 6.08 Å². The van der Waals surface area contributed by atoms with E-state index in [4.69, 9.17) is 0 Å². The van der Waals surface area contributed by atoms with Crippen molar-refractivity contribution in [3.63, 3.8) is 0 Å². The van der Waals surface area contributed by atoms with Crippen LogP contribution in [0.15, 0.2) is 49.0 Å². The molecule has 0 saturated heterocycles. The normalized spacial score (nSPS) is 16.8. The Bertz CT molecular complexity index is 762. The van der Waals surface area contributed by atoms with Gasteiger partial charge in [-0.2, -0.15) is 0 Å². The Morgan fingerprint density at radius 3 is 2.65 bits per heavy atom. The molecule has 0 aliphatic carbocycles. The predicted octanol–water partition coefficient (Wildman–Crippen LogP) is 3.46. The number of hydrogen-bond donors (Lipinski definition) is 0. The molecule has 2 aromatic rings. The first kappa shape index (κ1) is 15.4. The molecule has 0 aromatic heterocycles. The summed E-state index contributed by atoms with van der Waals surface area (Å²) in [7, 11) is 0. The van der Waals surface area contributed by atoms with Gasteiger partial charge in [0.15, 0.2) is 6.29 Å². The molecule has 0 saturated carbocycles. The summed E-state index contributed by atoms with van der Waals surface area (Å²) in [6, 6.07) is 13.6. The molecule has 1 aliphatic heterocycles. The molecule has 3 heteroatoms. The second kappa shape index (κ2) is 6.31. The van der Waals surface area contributed by atoms with Crippen molar-refractivity contribution >= 4 is 18.1 Å². The lowest BCUT2D eigenvalue weighted by molar-refractivity contribution is -0.133. The number of Topliss-reactive ketones (excluding diaryl/α,β-unsaturated/α-hetero) is 1. The summed E-state index contributed by atoms with van der Waals surface area (Å²) in [5.41, 5.74) is 5.37. The molecular formula is C20H19NO2. The van der Waals surface area contributed by atoms with Gasteiger partial charge < -0.3 is 0 Å². The van der Waals surface area contributed by atoms with Crippen LogP contribution < -0.4 is 0 Å². The fourth-order valence-electron chi connectivity index (χ4n) is 3.29. The maximum Gasteiger partial charge on any atom is 0.216 e. The van der Waals surface area contributed by atoms with Crippen molar-refractivity contribution < 1.29 is 9.59 Å². The molecule has 1 atom stereocenters. The third-order valence-electron chi connectivity index (χ3n) is 4.41. The third-order valence-corrected chi connectivity index (χ3v) is 4.41. The maximum absolute atomic E-state index is 12.2. The second-order valence-electron chi connectivity index (χ2n) is 5.92. The molecule has 3 nitrogen and oxygen atoms in total. The van der Waals surface area contributed by atoms with Crippen molar-refractivity contribution in [2.24, 2.45) is 0 Å². The smallest absolute Gasteiger partial charge is 0.216 e. The Balaban J connectivity index is 1.92. The molecule has 23 heavy (non-hydrogen) atoms. The van der Waals surface area contributed by atoms with Gasteiger partial charge >= 0.3 is 0 Å². The first-order valence-electron chi connectivity index (χ1n) is 7.67. The van der Waals surface area contributed by atoms with Crippen molar-refractivity contribution in [3.05, 3.63) is 76.9 Å². The zero-order valence-electron chi connectivity index (χ0n) is 13.2. The van der Waals surface area contributed by atoms with E-state index in [1.165, 1.54) is 0 Å². The number of aryl methyl sites for hydroxylation is 1. The van der Waals surface area contributed by atoms with Gasteiger partial charge in [-0.05, 0) is 34.7 Å². The van der Waals surface area contributed by atoms with Crippen LogP contribution in [0.5, 0.6) is 0 Å². The monoisotopic (exact) mass is 305 g/mol. The molecular weight excluding hydrogens is 286 g/mol. The maximum atomic E-state index is 12.2. The number of fused-ring (bicyclic) bond motifs is 1. The number of carbonyl (C=O) groups is 2. The van der Waals surface area contributed by atoms with Gasteiger partial charge in [-0.1, -0.05) is 55.1 Å². The van der Waals surface area contributed by atoms with Crippen LogP contribution in [0, 0.1) is 6.92 Å². The van der Waals surface area contributed by atoms with E-state index in [9.17, 15) is 9.59 Å². The molecule has 116 valence electrons. The van der Waals surface area contributed by atoms with Gasteiger partial charge in [-0.15, -0.1) is 0 Å². The van der Waals surface area contributed by atoms with Crippen molar-refractivity contribution in [2.45, 2.75) is 26.1 Å². The molecule has 2 aromatic carbocycles. The van der Waals surface area contributed by atoms with E-state index >= 15 is 0 Å². The van der Waals surface area contributed by atoms with E-state index in [-0.39, 0.29) is 5.78 Å². The lowest BCUT2D eigenvalue weighted by atomic mass is 9.97. The average Bonchev–Trinajstić information content (AvgIpc) is 2.94. The summed E-state index contributed by atoms with van der Waals surface area (Å²) >= 11 is 0. The summed E-state index contributed by atoms with van der Waals surface area (Å²) in [5.74, 6) is -0.374. The minimum absolute atomic E-state index is 0.374. The highest BCUT2D eigenvalue weighted by molar-refractivity contribution is 6.27. The van der Waals surface area contributed by atoms with Crippen LogP contribution in [-0.2, 0) is 22.7 Å². The first-order valence-corrected chi connectivity index (χ1v) is 7.67. The minimum atomic E-state index is -0.470. The molecule has 0 spiro atoms. The molecule has 0 N–H and O–H groups in total. The van der Waals surface area contributed by atoms with Crippen LogP contribution in [0.2, 0.25) is 0 Å². The zero-order chi connectivity index (χ0) is 16.4. The molecule has 1 unspecified atom stereocenters. The van der Waals surface area contributed by atoms with Gasteiger partial charge in [0, 0.05) is 13.1 Å². The Morgan fingerprint density at radius 2 is 2.00 bits per heavy atom. The first-order chi connectivity index (χ1) is 11.1. The van der Waals surface area contributed by atoms with Crippen LogP contribution in [0.1, 0.15) is 33.9 Å².